The lowest BCUT2D eigenvalue weighted by atomic mass is 9.94. The molecule has 0 saturated heterocycles. The summed E-state index contributed by atoms with van der Waals surface area (Å²) < 4.78 is 13.4. The zero-order valence-electron chi connectivity index (χ0n) is 11.8. The number of carbonyl (C=O) groups is 2. The van der Waals surface area contributed by atoms with E-state index in [-0.39, 0.29) is 29.7 Å². The largest absolute Gasteiger partial charge is 0.304 e. The average Bonchev–Trinajstić information content (AvgIpc) is 2.48. The van der Waals surface area contributed by atoms with Gasteiger partial charge < -0.3 is 4.90 Å². The predicted molar refractivity (Wildman–Crippen MR) is 83.1 cm³/mol. The lowest BCUT2D eigenvalue weighted by molar-refractivity contribution is 0.0936. The first-order valence-electron chi connectivity index (χ1n) is 6.89. The molecule has 1 aliphatic heterocycles. The highest BCUT2D eigenvalue weighted by molar-refractivity contribution is 6.30. The van der Waals surface area contributed by atoms with Crippen LogP contribution in [0.5, 0.6) is 0 Å². The smallest absolute Gasteiger partial charge is 0.258 e. The minimum atomic E-state index is -0.486. The number of amides is 1. The molecule has 0 bridgehead atoms. The van der Waals surface area contributed by atoms with Crippen LogP contribution in [0.3, 0.4) is 0 Å². The molecule has 0 fully saturated rings. The van der Waals surface area contributed by atoms with Gasteiger partial charge in [-0.15, -0.1) is 0 Å². The van der Waals surface area contributed by atoms with Crippen molar-refractivity contribution < 1.29 is 14.0 Å². The van der Waals surface area contributed by atoms with Gasteiger partial charge in [0.25, 0.3) is 5.91 Å². The maximum absolute atomic E-state index is 13.4. The van der Waals surface area contributed by atoms with Crippen molar-refractivity contribution in [2.75, 3.05) is 4.90 Å². The second-order valence-electron chi connectivity index (χ2n) is 5.32. The fourth-order valence-electron chi connectivity index (χ4n) is 2.69. The van der Waals surface area contributed by atoms with E-state index in [2.05, 4.69) is 0 Å². The molecule has 0 aromatic heterocycles. The summed E-state index contributed by atoms with van der Waals surface area (Å²) in [5.74, 6) is -0.868. The van der Waals surface area contributed by atoms with Crippen molar-refractivity contribution >= 4 is 29.0 Å². The third kappa shape index (κ3) is 2.50. The van der Waals surface area contributed by atoms with Crippen LogP contribution in [0.15, 0.2) is 42.5 Å². The highest BCUT2D eigenvalue weighted by Crippen LogP contribution is 2.32. The maximum atomic E-state index is 13.4. The number of Topliss-reactive ketones (excluding diaryl/α,β-unsaturated/α-hetero) is 1. The first-order chi connectivity index (χ1) is 10.5. The summed E-state index contributed by atoms with van der Waals surface area (Å²) in [6, 6.07) is 10.2. The molecule has 0 N–H and O–H groups in total. The van der Waals surface area contributed by atoms with Gasteiger partial charge in [0.1, 0.15) is 5.82 Å². The summed E-state index contributed by atoms with van der Waals surface area (Å²) in [4.78, 5) is 26.4. The van der Waals surface area contributed by atoms with Gasteiger partial charge in [-0.05, 0) is 49.4 Å². The Morgan fingerprint density at radius 2 is 1.91 bits per heavy atom. The van der Waals surface area contributed by atoms with Gasteiger partial charge in [-0.3, -0.25) is 9.59 Å². The van der Waals surface area contributed by atoms with Gasteiger partial charge in [-0.2, -0.15) is 0 Å². The van der Waals surface area contributed by atoms with E-state index in [0.29, 0.717) is 16.3 Å². The lowest BCUT2D eigenvalue weighted by Crippen LogP contribution is -2.44. The molecule has 5 heteroatoms. The molecule has 1 unspecified atom stereocenters. The van der Waals surface area contributed by atoms with Gasteiger partial charge in [-0.25, -0.2) is 4.39 Å². The van der Waals surface area contributed by atoms with Crippen molar-refractivity contribution in [2.24, 2.45) is 0 Å². The minimum absolute atomic E-state index is 0.151. The van der Waals surface area contributed by atoms with E-state index in [0.717, 1.165) is 0 Å². The fraction of sp³-hybridized carbons (Fsp3) is 0.176. The van der Waals surface area contributed by atoms with Gasteiger partial charge in [-0.1, -0.05) is 11.6 Å². The maximum Gasteiger partial charge on any atom is 0.258 e. The number of rotatable bonds is 1. The Bertz CT molecular complexity index is 758. The molecule has 2 aromatic rings. The van der Waals surface area contributed by atoms with Crippen LogP contribution in [0.1, 0.15) is 34.1 Å². The molecule has 3 nitrogen and oxygen atoms in total. The van der Waals surface area contributed by atoms with Crippen molar-refractivity contribution in [2.45, 2.75) is 19.4 Å². The van der Waals surface area contributed by atoms with Crippen LogP contribution in [0, 0.1) is 5.82 Å². The number of fused-ring (bicyclic) bond motifs is 1. The van der Waals surface area contributed by atoms with Crippen LogP contribution in [0.2, 0.25) is 5.02 Å². The number of carbonyl (C=O) groups excluding carboxylic acids is 2. The molecule has 0 radical (unpaired) electrons. The van der Waals surface area contributed by atoms with Crippen LogP contribution >= 0.6 is 11.6 Å². The van der Waals surface area contributed by atoms with Crippen molar-refractivity contribution in [1.82, 2.24) is 0 Å². The molecular weight excluding hydrogens is 305 g/mol. The Balaban J connectivity index is 2.06. The summed E-state index contributed by atoms with van der Waals surface area (Å²) in [6.07, 6.45) is 0.176. The normalized spacial score (nSPS) is 17.3. The minimum Gasteiger partial charge on any atom is -0.304 e. The Morgan fingerprint density at radius 1 is 1.23 bits per heavy atom. The van der Waals surface area contributed by atoms with E-state index in [1.165, 1.54) is 18.2 Å². The second kappa shape index (κ2) is 5.54. The van der Waals surface area contributed by atoms with Crippen molar-refractivity contribution in [3.05, 3.63) is 64.4 Å². The zero-order valence-corrected chi connectivity index (χ0v) is 12.6. The van der Waals surface area contributed by atoms with Crippen molar-refractivity contribution in [1.29, 1.82) is 0 Å². The Kier molecular flexibility index (Phi) is 3.71. The molecule has 1 atom stereocenters. The fourth-order valence-corrected chi connectivity index (χ4v) is 2.82. The molecule has 1 heterocycles. The third-order valence-electron chi connectivity index (χ3n) is 3.75. The van der Waals surface area contributed by atoms with Gasteiger partial charge in [0.2, 0.25) is 0 Å². The van der Waals surface area contributed by atoms with Gasteiger partial charge >= 0.3 is 0 Å². The molecule has 1 aliphatic rings. The van der Waals surface area contributed by atoms with Crippen LogP contribution in [0.4, 0.5) is 10.1 Å². The standard InChI is InChI=1S/C17H13ClFNO2/c1-10-8-16(21)14-9-13(19)6-7-15(14)20(10)17(22)11-2-4-12(18)5-3-11/h2-7,9-10H,8H2,1H3. The Hall–Kier alpha value is -2.20. The summed E-state index contributed by atoms with van der Waals surface area (Å²) in [6.45, 7) is 1.80. The number of hydrogen-bond acceptors (Lipinski definition) is 2. The number of benzene rings is 2. The molecule has 2 aromatic carbocycles. The van der Waals surface area contributed by atoms with E-state index < -0.39 is 5.82 Å². The van der Waals surface area contributed by atoms with Crippen molar-refractivity contribution in [3.8, 4) is 0 Å². The van der Waals surface area contributed by atoms with Crippen LogP contribution in [-0.4, -0.2) is 17.7 Å². The summed E-state index contributed by atoms with van der Waals surface area (Å²) in [5, 5.41) is 0.542. The summed E-state index contributed by atoms with van der Waals surface area (Å²) in [5.41, 5.74) is 1.17. The van der Waals surface area contributed by atoms with E-state index in [1.807, 2.05) is 0 Å². The molecule has 0 aliphatic carbocycles. The lowest BCUT2D eigenvalue weighted by Gasteiger charge is -2.34. The molecular formula is C17H13ClFNO2. The van der Waals surface area contributed by atoms with E-state index >= 15 is 0 Å². The van der Waals surface area contributed by atoms with Gasteiger partial charge in [0.05, 0.1) is 5.69 Å². The first kappa shape index (κ1) is 14.7. The zero-order chi connectivity index (χ0) is 15.9. The van der Waals surface area contributed by atoms with Crippen LogP contribution < -0.4 is 4.90 Å². The third-order valence-corrected chi connectivity index (χ3v) is 4.00. The molecule has 1 amide bonds. The number of halogens is 2. The molecule has 0 saturated carbocycles. The SMILES string of the molecule is CC1CC(=O)c2cc(F)ccc2N1C(=O)c1ccc(Cl)cc1. The topological polar surface area (TPSA) is 37.4 Å². The molecule has 112 valence electrons. The molecule has 3 rings (SSSR count). The van der Waals surface area contributed by atoms with E-state index in [4.69, 9.17) is 11.6 Å². The summed E-state index contributed by atoms with van der Waals surface area (Å²) >= 11 is 5.84. The number of nitrogens with zero attached hydrogens (tertiary/aromatic N) is 1. The highest BCUT2D eigenvalue weighted by atomic mass is 35.5. The van der Waals surface area contributed by atoms with Crippen molar-refractivity contribution in [3.63, 3.8) is 0 Å². The monoisotopic (exact) mass is 317 g/mol. The first-order valence-corrected chi connectivity index (χ1v) is 7.27. The number of ketones is 1. The predicted octanol–water partition coefficient (Wildman–Crippen LogP) is 4.10. The van der Waals surface area contributed by atoms with Crippen LogP contribution in [0.25, 0.3) is 0 Å². The van der Waals surface area contributed by atoms with E-state index in [1.54, 1.807) is 36.1 Å². The quantitative estimate of drug-likeness (QED) is 0.794. The van der Waals surface area contributed by atoms with Gasteiger partial charge in [0, 0.05) is 28.6 Å². The molecule has 0 spiro atoms. The van der Waals surface area contributed by atoms with Crippen LogP contribution in [-0.2, 0) is 0 Å². The Morgan fingerprint density at radius 3 is 2.59 bits per heavy atom. The Labute approximate surface area is 132 Å². The number of anilines is 1. The second-order valence-corrected chi connectivity index (χ2v) is 5.76. The van der Waals surface area contributed by atoms with E-state index in [9.17, 15) is 14.0 Å². The van der Waals surface area contributed by atoms with Gasteiger partial charge in [0.15, 0.2) is 5.78 Å². The average molecular weight is 318 g/mol. The highest BCUT2D eigenvalue weighted by Gasteiger charge is 2.33. The number of hydrogen-bond donors (Lipinski definition) is 0. The summed E-state index contributed by atoms with van der Waals surface area (Å²) in [7, 11) is 0. The molecule has 22 heavy (non-hydrogen) atoms.